The summed E-state index contributed by atoms with van der Waals surface area (Å²) in [6.07, 6.45) is 2.98. The van der Waals surface area contributed by atoms with Crippen LogP contribution in [0.1, 0.15) is 36.3 Å². The topological polar surface area (TPSA) is 43.1 Å². The quantitative estimate of drug-likeness (QED) is 0.802. The number of aryl methyl sites for hydroxylation is 1. The molecule has 0 heterocycles. The van der Waals surface area contributed by atoms with Crippen LogP contribution < -0.4 is 5.73 Å². The highest BCUT2D eigenvalue weighted by Crippen LogP contribution is 2.44. The van der Waals surface area contributed by atoms with Crippen molar-refractivity contribution in [2.45, 2.75) is 32.1 Å². The van der Waals surface area contributed by atoms with E-state index in [2.05, 4.69) is 31.2 Å². The van der Waals surface area contributed by atoms with Crippen LogP contribution in [-0.4, -0.2) is 5.91 Å². The number of carbonyl (C=O) groups is 1. The predicted molar refractivity (Wildman–Crippen MR) is 60.5 cm³/mol. The summed E-state index contributed by atoms with van der Waals surface area (Å²) in [7, 11) is 0. The third-order valence-corrected chi connectivity index (χ3v) is 3.08. The Hall–Kier alpha value is -1.31. The largest absolute Gasteiger partial charge is 0.370 e. The molecule has 1 fully saturated rings. The molecule has 1 atom stereocenters. The number of primary amides is 1. The van der Waals surface area contributed by atoms with Crippen molar-refractivity contribution in [3.63, 3.8) is 0 Å². The van der Waals surface area contributed by atoms with Crippen LogP contribution in [0.4, 0.5) is 0 Å². The SMILES string of the molecule is Cc1cccc(C(CC(N)=O)C2CC2)c1. The Morgan fingerprint density at radius 2 is 2.27 bits per heavy atom. The molecular formula is C13H17NO. The highest BCUT2D eigenvalue weighted by Gasteiger charge is 2.33. The zero-order valence-corrected chi connectivity index (χ0v) is 9.07. The van der Waals surface area contributed by atoms with Crippen molar-refractivity contribution in [2.24, 2.45) is 11.7 Å². The number of rotatable bonds is 4. The van der Waals surface area contributed by atoms with Gasteiger partial charge in [0.2, 0.25) is 5.91 Å². The molecule has 0 aliphatic heterocycles. The second-order valence-electron chi connectivity index (χ2n) is 4.53. The van der Waals surface area contributed by atoms with Crippen LogP contribution in [0.25, 0.3) is 0 Å². The van der Waals surface area contributed by atoms with E-state index < -0.39 is 0 Å². The van der Waals surface area contributed by atoms with Gasteiger partial charge in [0.15, 0.2) is 0 Å². The highest BCUT2D eigenvalue weighted by molar-refractivity contribution is 5.75. The maximum atomic E-state index is 11.0. The van der Waals surface area contributed by atoms with Crippen LogP contribution >= 0.6 is 0 Å². The van der Waals surface area contributed by atoms with Crippen LogP contribution in [0.15, 0.2) is 24.3 Å². The third-order valence-electron chi connectivity index (χ3n) is 3.08. The molecule has 0 radical (unpaired) electrons. The van der Waals surface area contributed by atoms with E-state index in [1.54, 1.807) is 0 Å². The minimum absolute atomic E-state index is 0.187. The number of benzene rings is 1. The van der Waals surface area contributed by atoms with Crippen molar-refractivity contribution in [2.75, 3.05) is 0 Å². The predicted octanol–water partition coefficient (Wildman–Crippen LogP) is 2.36. The monoisotopic (exact) mass is 203 g/mol. The summed E-state index contributed by atoms with van der Waals surface area (Å²) in [5.41, 5.74) is 7.82. The van der Waals surface area contributed by atoms with E-state index in [-0.39, 0.29) is 5.91 Å². The molecule has 0 aromatic heterocycles. The molecule has 2 nitrogen and oxygen atoms in total. The fourth-order valence-electron chi connectivity index (χ4n) is 2.17. The molecule has 2 heteroatoms. The van der Waals surface area contributed by atoms with Gasteiger partial charge in [-0.15, -0.1) is 0 Å². The fourth-order valence-corrected chi connectivity index (χ4v) is 2.17. The Kier molecular flexibility index (Phi) is 2.76. The lowest BCUT2D eigenvalue weighted by Gasteiger charge is -2.15. The summed E-state index contributed by atoms with van der Waals surface area (Å²) in [5.74, 6) is 0.843. The van der Waals surface area contributed by atoms with Crippen molar-refractivity contribution in [1.82, 2.24) is 0 Å². The third kappa shape index (κ3) is 2.58. The molecule has 1 unspecified atom stereocenters. The van der Waals surface area contributed by atoms with Gasteiger partial charge < -0.3 is 5.73 Å². The average molecular weight is 203 g/mol. The molecule has 0 saturated heterocycles. The summed E-state index contributed by atoms with van der Waals surface area (Å²) >= 11 is 0. The first kappa shape index (κ1) is 10.2. The van der Waals surface area contributed by atoms with Gasteiger partial charge in [-0.05, 0) is 37.2 Å². The first-order valence-corrected chi connectivity index (χ1v) is 5.51. The molecule has 0 spiro atoms. The fraction of sp³-hybridized carbons (Fsp3) is 0.462. The number of amides is 1. The van der Waals surface area contributed by atoms with E-state index in [1.807, 2.05) is 0 Å². The number of carbonyl (C=O) groups excluding carboxylic acids is 1. The Balaban J connectivity index is 2.19. The second kappa shape index (κ2) is 4.05. The van der Waals surface area contributed by atoms with Gasteiger partial charge in [-0.2, -0.15) is 0 Å². The van der Waals surface area contributed by atoms with Gasteiger partial charge in [0, 0.05) is 6.42 Å². The van der Waals surface area contributed by atoms with E-state index in [0.29, 0.717) is 18.3 Å². The van der Waals surface area contributed by atoms with Gasteiger partial charge >= 0.3 is 0 Å². The van der Waals surface area contributed by atoms with Crippen molar-refractivity contribution in [3.05, 3.63) is 35.4 Å². The lowest BCUT2D eigenvalue weighted by Crippen LogP contribution is -2.16. The summed E-state index contributed by atoms with van der Waals surface area (Å²) in [6.45, 7) is 2.08. The van der Waals surface area contributed by atoms with Gasteiger partial charge in [-0.1, -0.05) is 29.8 Å². The van der Waals surface area contributed by atoms with E-state index in [9.17, 15) is 4.79 Å². The summed E-state index contributed by atoms with van der Waals surface area (Å²) in [4.78, 5) is 11.0. The molecule has 1 aliphatic rings. The van der Waals surface area contributed by atoms with Crippen molar-refractivity contribution >= 4 is 5.91 Å². The molecule has 0 bridgehead atoms. The maximum Gasteiger partial charge on any atom is 0.218 e. The maximum absolute atomic E-state index is 11.0. The van der Waals surface area contributed by atoms with E-state index in [0.717, 1.165) is 0 Å². The molecule has 80 valence electrons. The zero-order chi connectivity index (χ0) is 10.8. The molecule has 1 aromatic rings. The van der Waals surface area contributed by atoms with Crippen molar-refractivity contribution < 1.29 is 4.79 Å². The molecule has 15 heavy (non-hydrogen) atoms. The van der Waals surface area contributed by atoms with Gasteiger partial charge in [-0.25, -0.2) is 0 Å². The zero-order valence-electron chi connectivity index (χ0n) is 9.07. The number of hydrogen-bond acceptors (Lipinski definition) is 1. The molecule has 2 rings (SSSR count). The normalized spacial score (nSPS) is 17.4. The van der Waals surface area contributed by atoms with Gasteiger partial charge in [0.05, 0.1) is 0 Å². The van der Waals surface area contributed by atoms with Gasteiger partial charge in [-0.3, -0.25) is 4.79 Å². The van der Waals surface area contributed by atoms with Crippen LogP contribution in [0, 0.1) is 12.8 Å². The Bertz CT molecular complexity index is 369. The average Bonchev–Trinajstić information content (AvgIpc) is 2.97. The summed E-state index contributed by atoms with van der Waals surface area (Å²) in [5, 5.41) is 0. The molecule has 1 amide bonds. The van der Waals surface area contributed by atoms with Crippen molar-refractivity contribution in [1.29, 1.82) is 0 Å². The van der Waals surface area contributed by atoms with Gasteiger partial charge in [0.25, 0.3) is 0 Å². The van der Waals surface area contributed by atoms with Crippen molar-refractivity contribution in [3.8, 4) is 0 Å². The molecule has 1 saturated carbocycles. The first-order valence-electron chi connectivity index (χ1n) is 5.51. The summed E-state index contributed by atoms with van der Waals surface area (Å²) in [6, 6.07) is 8.42. The second-order valence-corrected chi connectivity index (χ2v) is 4.53. The molecular weight excluding hydrogens is 186 g/mol. The Morgan fingerprint density at radius 1 is 1.53 bits per heavy atom. The molecule has 1 aliphatic carbocycles. The molecule has 1 aromatic carbocycles. The van der Waals surface area contributed by atoms with E-state index in [1.165, 1.54) is 24.0 Å². The minimum atomic E-state index is -0.187. The number of nitrogens with two attached hydrogens (primary N) is 1. The van der Waals surface area contributed by atoms with Crippen LogP contribution in [0.2, 0.25) is 0 Å². The standard InChI is InChI=1S/C13H17NO/c1-9-3-2-4-11(7-9)12(8-13(14)15)10-5-6-10/h2-4,7,10,12H,5-6,8H2,1H3,(H2,14,15). The molecule has 2 N–H and O–H groups in total. The highest BCUT2D eigenvalue weighted by atomic mass is 16.1. The van der Waals surface area contributed by atoms with Crippen LogP contribution in [0.3, 0.4) is 0 Å². The van der Waals surface area contributed by atoms with E-state index in [4.69, 9.17) is 5.73 Å². The lowest BCUT2D eigenvalue weighted by atomic mass is 9.90. The minimum Gasteiger partial charge on any atom is -0.370 e. The first-order chi connectivity index (χ1) is 7.16. The summed E-state index contributed by atoms with van der Waals surface area (Å²) < 4.78 is 0. The lowest BCUT2D eigenvalue weighted by molar-refractivity contribution is -0.118. The van der Waals surface area contributed by atoms with E-state index >= 15 is 0 Å². The van der Waals surface area contributed by atoms with Crippen LogP contribution in [-0.2, 0) is 4.79 Å². The van der Waals surface area contributed by atoms with Crippen LogP contribution in [0.5, 0.6) is 0 Å². The Morgan fingerprint density at radius 3 is 2.80 bits per heavy atom. The Labute approximate surface area is 90.5 Å². The van der Waals surface area contributed by atoms with Gasteiger partial charge in [0.1, 0.15) is 0 Å². The number of hydrogen-bond donors (Lipinski definition) is 1. The smallest absolute Gasteiger partial charge is 0.218 e.